The van der Waals surface area contributed by atoms with Gasteiger partial charge in [0, 0.05) is 30.6 Å². The van der Waals surface area contributed by atoms with Crippen molar-refractivity contribution in [2.24, 2.45) is 5.73 Å². The number of anilines is 1. The van der Waals surface area contributed by atoms with Gasteiger partial charge in [0.25, 0.3) is 0 Å². The number of carbonyl (C=O) groups excluding carboxylic acids is 2. The van der Waals surface area contributed by atoms with Crippen molar-refractivity contribution in [1.29, 1.82) is 0 Å². The van der Waals surface area contributed by atoms with Crippen LogP contribution in [0.5, 0.6) is 11.5 Å². The lowest BCUT2D eigenvalue weighted by atomic mass is 9.98. The summed E-state index contributed by atoms with van der Waals surface area (Å²) in [4.78, 5) is 29.8. The molecule has 0 radical (unpaired) electrons. The third kappa shape index (κ3) is 4.10. The quantitative estimate of drug-likeness (QED) is 0.615. The summed E-state index contributed by atoms with van der Waals surface area (Å²) >= 11 is 12.5. The molecule has 152 valence electrons. The summed E-state index contributed by atoms with van der Waals surface area (Å²) < 4.78 is 5.89. The average molecular weight is 442 g/mol. The van der Waals surface area contributed by atoms with Crippen LogP contribution in [0, 0.1) is 0 Å². The number of ether oxygens (including phenoxy) is 1. The third-order valence-corrected chi connectivity index (χ3v) is 5.54. The predicted molar refractivity (Wildman–Crippen MR) is 115 cm³/mol. The minimum atomic E-state index is -0.569. The highest BCUT2D eigenvalue weighted by molar-refractivity contribution is 6.32. The minimum Gasteiger partial charge on any atom is -0.454 e. The highest BCUT2D eigenvalue weighted by Crippen LogP contribution is 2.38. The maximum atomic E-state index is 12.6. The van der Waals surface area contributed by atoms with E-state index < -0.39 is 5.91 Å². The molecule has 30 heavy (non-hydrogen) atoms. The van der Waals surface area contributed by atoms with Gasteiger partial charge in [-0.1, -0.05) is 41.4 Å². The van der Waals surface area contributed by atoms with E-state index >= 15 is 0 Å². The Morgan fingerprint density at radius 2 is 1.83 bits per heavy atom. The second-order valence-corrected chi connectivity index (χ2v) is 7.71. The maximum absolute atomic E-state index is 12.6. The smallest absolute Gasteiger partial charge is 0.248 e. The Bertz CT molecular complexity index is 1140. The first-order chi connectivity index (χ1) is 14.4. The summed E-state index contributed by atoms with van der Waals surface area (Å²) in [6.45, 7) is 0.418. The van der Waals surface area contributed by atoms with E-state index in [1.165, 1.54) is 18.3 Å². The number of nitrogens with zero attached hydrogens (tertiary/aromatic N) is 2. The van der Waals surface area contributed by atoms with Crippen molar-refractivity contribution < 1.29 is 14.3 Å². The van der Waals surface area contributed by atoms with Gasteiger partial charge in [-0.15, -0.1) is 0 Å². The molecule has 1 atom stereocenters. The number of amides is 2. The van der Waals surface area contributed by atoms with Crippen LogP contribution in [0.1, 0.15) is 28.3 Å². The fourth-order valence-corrected chi connectivity index (χ4v) is 3.70. The van der Waals surface area contributed by atoms with Gasteiger partial charge >= 0.3 is 0 Å². The van der Waals surface area contributed by atoms with Crippen molar-refractivity contribution in [1.82, 2.24) is 4.98 Å². The van der Waals surface area contributed by atoms with Gasteiger partial charge in [-0.2, -0.15) is 0 Å². The van der Waals surface area contributed by atoms with Crippen LogP contribution in [0.2, 0.25) is 10.0 Å². The minimum absolute atomic E-state index is 0.0811. The van der Waals surface area contributed by atoms with E-state index in [9.17, 15) is 9.59 Å². The molecule has 1 aromatic heterocycles. The molecular formula is C22H17Cl2N3O3. The van der Waals surface area contributed by atoms with Crippen molar-refractivity contribution in [3.63, 3.8) is 0 Å². The SMILES string of the molecule is NC(=O)c1ccnc(N2C[C@@H](c3ccc(Cl)c(Oc4ccccc4Cl)c3)CC2=O)c1. The molecule has 1 aliphatic heterocycles. The van der Waals surface area contributed by atoms with Crippen molar-refractivity contribution in [3.05, 3.63) is 82.0 Å². The Balaban J connectivity index is 1.58. The lowest BCUT2D eigenvalue weighted by molar-refractivity contribution is -0.117. The maximum Gasteiger partial charge on any atom is 0.248 e. The number of primary amides is 1. The van der Waals surface area contributed by atoms with Crippen LogP contribution in [-0.2, 0) is 4.79 Å². The zero-order chi connectivity index (χ0) is 21.3. The van der Waals surface area contributed by atoms with Crippen LogP contribution >= 0.6 is 23.2 Å². The molecule has 1 aliphatic rings. The van der Waals surface area contributed by atoms with Gasteiger partial charge in [-0.25, -0.2) is 4.98 Å². The standard InChI is InChI=1S/C22H17Cl2N3O3/c23-16-3-1-2-4-18(16)30-19-9-13(5-6-17(19)24)15-11-21(28)27(12-15)20-10-14(22(25)29)7-8-26-20/h1-10,15H,11-12H2,(H2,25,29)/t15-/m0/s1. The molecule has 4 rings (SSSR count). The molecule has 1 fully saturated rings. The molecule has 2 aromatic carbocycles. The molecule has 8 heteroatoms. The molecular weight excluding hydrogens is 425 g/mol. The first kappa shape index (κ1) is 20.2. The van der Waals surface area contributed by atoms with E-state index in [2.05, 4.69) is 4.98 Å². The van der Waals surface area contributed by atoms with Gasteiger partial charge in [0.1, 0.15) is 17.3 Å². The number of para-hydroxylation sites is 1. The van der Waals surface area contributed by atoms with Gasteiger partial charge in [0.15, 0.2) is 0 Å². The van der Waals surface area contributed by atoms with Crippen LogP contribution in [0.4, 0.5) is 5.82 Å². The summed E-state index contributed by atoms with van der Waals surface area (Å²) in [5.41, 5.74) is 6.54. The number of rotatable bonds is 5. The molecule has 0 spiro atoms. The van der Waals surface area contributed by atoms with Gasteiger partial charge < -0.3 is 10.5 Å². The lowest BCUT2D eigenvalue weighted by Gasteiger charge is -2.17. The largest absolute Gasteiger partial charge is 0.454 e. The summed E-state index contributed by atoms with van der Waals surface area (Å²) in [5, 5.41) is 0.914. The molecule has 0 unspecified atom stereocenters. The van der Waals surface area contributed by atoms with E-state index in [0.29, 0.717) is 45.9 Å². The van der Waals surface area contributed by atoms with Crippen LogP contribution in [0.15, 0.2) is 60.8 Å². The molecule has 2 heterocycles. The van der Waals surface area contributed by atoms with Gasteiger partial charge in [-0.3, -0.25) is 14.5 Å². The first-order valence-corrected chi connectivity index (χ1v) is 9.96. The van der Waals surface area contributed by atoms with E-state index in [1.807, 2.05) is 24.3 Å². The number of nitrogens with two attached hydrogens (primary N) is 1. The number of halogens is 2. The molecule has 3 aromatic rings. The molecule has 1 saturated heterocycles. The van der Waals surface area contributed by atoms with Crippen LogP contribution < -0.4 is 15.4 Å². The van der Waals surface area contributed by atoms with E-state index in [-0.39, 0.29) is 11.8 Å². The normalized spacial score (nSPS) is 16.0. The summed E-state index contributed by atoms with van der Waals surface area (Å²) in [6, 6.07) is 15.6. The van der Waals surface area contributed by atoms with Crippen LogP contribution in [0.25, 0.3) is 0 Å². The Morgan fingerprint density at radius 3 is 2.60 bits per heavy atom. The molecule has 0 bridgehead atoms. The fraction of sp³-hybridized carbons (Fsp3) is 0.136. The Morgan fingerprint density at radius 1 is 1.07 bits per heavy atom. The number of hydrogen-bond donors (Lipinski definition) is 1. The molecule has 2 amide bonds. The summed E-state index contributed by atoms with van der Waals surface area (Å²) in [5.74, 6) is 0.623. The number of hydrogen-bond acceptors (Lipinski definition) is 4. The highest BCUT2D eigenvalue weighted by atomic mass is 35.5. The molecule has 0 aliphatic carbocycles. The third-order valence-electron chi connectivity index (χ3n) is 4.91. The van der Waals surface area contributed by atoms with Crippen LogP contribution in [-0.4, -0.2) is 23.3 Å². The van der Waals surface area contributed by atoms with Crippen LogP contribution in [0.3, 0.4) is 0 Å². The summed E-state index contributed by atoms with van der Waals surface area (Å²) in [7, 11) is 0. The van der Waals surface area contributed by atoms with Crippen molar-refractivity contribution in [2.75, 3.05) is 11.4 Å². The number of benzene rings is 2. The van der Waals surface area contributed by atoms with E-state index in [1.54, 1.807) is 23.1 Å². The van der Waals surface area contributed by atoms with Gasteiger partial charge in [0.05, 0.1) is 10.0 Å². The lowest BCUT2D eigenvalue weighted by Crippen LogP contribution is -2.26. The average Bonchev–Trinajstić information content (AvgIpc) is 3.13. The second-order valence-electron chi connectivity index (χ2n) is 6.89. The van der Waals surface area contributed by atoms with E-state index in [0.717, 1.165) is 5.56 Å². The number of aromatic nitrogens is 1. The van der Waals surface area contributed by atoms with Gasteiger partial charge in [0.2, 0.25) is 11.8 Å². The number of pyridine rings is 1. The Kier molecular flexibility index (Phi) is 5.61. The topological polar surface area (TPSA) is 85.5 Å². The first-order valence-electron chi connectivity index (χ1n) is 9.20. The Hall–Kier alpha value is -3.09. The Labute approximate surface area is 183 Å². The zero-order valence-electron chi connectivity index (χ0n) is 15.7. The summed E-state index contributed by atoms with van der Waals surface area (Å²) in [6.07, 6.45) is 1.77. The zero-order valence-corrected chi connectivity index (χ0v) is 17.2. The van der Waals surface area contributed by atoms with Crippen molar-refractivity contribution in [2.45, 2.75) is 12.3 Å². The highest BCUT2D eigenvalue weighted by Gasteiger charge is 2.33. The van der Waals surface area contributed by atoms with Crippen molar-refractivity contribution in [3.8, 4) is 11.5 Å². The van der Waals surface area contributed by atoms with E-state index in [4.69, 9.17) is 33.7 Å². The predicted octanol–water partition coefficient (Wildman–Crippen LogP) is 4.80. The molecule has 2 N–H and O–H groups in total. The molecule has 0 saturated carbocycles. The monoisotopic (exact) mass is 441 g/mol. The fourth-order valence-electron chi connectivity index (χ4n) is 3.37. The number of carbonyl (C=O) groups is 2. The van der Waals surface area contributed by atoms with Crippen molar-refractivity contribution >= 4 is 40.8 Å². The second kappa shape index (κ2) is 8.34. The van der Waals surface area contributed by atoms with Gasteiger partial charge in [-0.05, 0) is 42.0 Å². The molecule has 6 nitrogen and oxygen atoms in total.